The quantitative estimate of drug-likeness (QED) is 0.765. The fourth-order valence-electron chi connectivity index (χ4n) is 1.08. The van der Waals surface area contributed by atoms with Crippen molar-refractivity contribution < 1.29 is 4.74 Å². The molecule has 0 atom stereocenters. The van der Waals surface area contributed by atoms with E-state index in [9.17, 15) is 0 Å². The number of thiocarbonyl (C=S) groups is 1. The molecule has 0 spiro atoms. The minimum atomic E-state index is 0.404. The zero-order chi connectivity index (χ0) is 10.6. The highest BCUT2D eigenvalue weighted by atomic mass is 32.1. The largest absolute Gasteiger partial charge is 0.497 e. The van der Waals surface area contributed by atoms with Gasteiger partial charge in [0.1, 0.15) is 5.75 Å². The fourth-order valence-corrected chi connectivity index (χ4v) is 1.15. The summed E-state index contributed by atoms with van der Waals surface area (Å²) in [4.78, 5) is 1.82. The second kappa shape index (κ2) is 4.81. The zero-order valence-electron chi connectivity index (χ0n) is 8.36. The Balaban J connectivity index is 2.64. The van der Waals surface area contributed by atoms with Crippen molar-refractivity contribution in [2.75, 3.05) is 14.2 Å². The lowest BCUT2D eigenvalue weighted by atomic mass is 10.2. The van der Waals surface area contributed by atoms with E-state index in [1.165, 1.54) is 0 Å². The molecule has 1 aromatic carbocycles. The maximum absolute atomic E-state index is 5.47. The van der Waals surface area contributed by atoms with Gasteiger partial charge in [0.05, 0.1) is 7.11 Å². The second-order valence-electron chi connectivity index (χ2n) is 3.04. The average molecular weight is 210 g/mol. The van der Waals surface area contributed by atoms with E-state index in [1.54, 1.807) is 7.11 Å². The number of benzene rings is 1. The van der Waals surface area contributed by atoms with Gasteiger partial charge >= 0.3 is 0 Å². The maximum Gasteiger partial charge on any atom is 0.166 e. The molecule has 0 bridgehead atoms. The third-order valence-corrected chi connectivity index (χ3v) is 2.27. The monoisotopic (exact) mass is 210 g/mol. The van der Waals surface area contributed by atoms with Crippen LogP contribution in [-0.4, -0.2) is 24.2 Å². The number of methoxy groups -OCH3 is 1. The van der Waals surface area contributed by atoms with Crippen LogP contribution >= 0.6 is 12.2 Å². The summed E-state index contributed by atoms with van der Waals surface area (Å²) in [5.74, 6) is 0.853. The Hall–Kier alpha value is -1.29. The average Bonchev–Trinajstić information content (AvgIpc) is 2.19. The topological polar surface area (TPSA) is 38.5 Å². The third kappa shape index (κ3) is 2.88. The number of rotatable bonds is 3. The van der Waals surface area contributed by atoms with Gasteiger partial charge < -0.3 is 15.4 Å². The molecular formula is C10H14N2OS. The molecule has 2 N–H and O–H groups in total. The van der Waals surface area contributed by atoms with Gasteiger partial charge in [-0.25, -0.2) is 0 Å². The molecule has 0 aliphatic carbocycles. The number of nitrogens with two attached hydrogens (primary N) is 1. The van der Waals surface area contributed by atoms with E-state index < -0.39 is 0 Å². The molecule has 14 heavy (non-hydrogen) atoms. The highest BCUT2D eigenvalue weighted by molar-refractivity contribution is 7.80. The Labute approximate surface area is 89.5 Å². The van der Waals surface area contributed by atoms with E-state index in [2.05, 4.69) is 0 Å². The molecule has 0 fully saturated rings. The first kappa shape index (κ1) is 10.8. The van der Waals surface area contributed by atoms with Crippen LogP contribution in [0.15, 0.2) is 24.3 Å². The molecule has 0 unspecified atom stereocenters. The molecule has 1 aromatic rings. The van der Waals surface area contributed by atoms with Crippen LogP contribution in [-0.2, 0) is 6.54 Å². The van der Waals surface area contributed by atoms with Crippen LogP contribution in [0.25, 0.3) is 0 Å². The van der Waals surface area contributed by atoms with Gasteiger partial charge in [-0.15, -0.1) is 0 Å². The van der Waals surface area contributed by atoms with Gasteiger partial charge in [0.15, 0.2) is 5.11 Å². The van der Waals surface area contributed by atoms with Crippen molar-refractivity contribution in [3.8, 4) is 5.75 Å². The minimum Gasteiger partial charge on any atom is -0.497 e. The van der Waals surface area contributed by atoms with Crippen LogP contribution in [0.5, 0.6) is 5.75 Å². The Morgan fingerprint density at radius 1 is 1.43 bits per heavy atom. The molecule has 76 valence electrons. The molecule has 0 amide bonds. The van der Waals surface area contributed by atoms with Gasteiger partial charge in [-0.05, 0) is 29.9 Å². The normalized spacial score (nSPS) is 9.57. The lowest BCUT2D eigenvalue weighted by molar-refractivity contribution is 0.414. The van der Waals surface area contributed by atoms with Gasteiger partial charge in [0.2, 0.25) is 0 Å². The van der Waals surface area contributed by atoms with Crippen LogP contribution in [0.4, 0.5) is 0 Å². The predicted molar refractivity (Wildman–Crippen MR) is 61.2 cm³/mol. The lowest BCUT2D eigenvalue weighted by Gasteiger charge is -2.16. The standard InChI is InChI=1S/C10H14N2OS/c1-12(10(11)14)7-8-3-5-9(13-2)6-4-8/h3-6H,7H2,1-2H3,(H2,11,14). The maximum atomic E-state index is 5.47. The van der Waals surface area contributed by atoms with Crippen molar-refractivity contribution in [2.45, 2.75) is 6.54 Å². The van der Waals surface area contributed by atoms with Gasteiger partial charge in [-0.2, -0.15) is 0 Å². The Morgan fingerprint density at radius 3 is 2.43 bits per heavy atom. The Morgan fingerprint density at radius 2 is 2.00 bits per heavy atom. The molecule has 0 aliphatic rings. The Bertz CT molecular complexity index is 310. The summed E-state index contributed by atoms with van der Waals surface area (Å²) in [6.45, 7) is 0.722. The summed E-state index contributed by atoms with van der Waals surface area (Å²) in [7, 11) is 3.52. The van der Waals surface area contributed by atoms with Crippen LogP contribution in [0.3, 0.4) is 0 Å². The molecule has 0 aliphatic heterocycles. The first-order valence-corrected chi connectivity index (χ1v) is 4.68. The molecule has 0 saturated carbocycles. The summed E-state index contributed by atoms with van der Waals surface area (Å²) >= 11 is 4.84. The van der Waals surface area contributed by atoms with Crippen molar-refractivity contribution in [3.05, 3.63) is 29.8 Å². The van der Waals surface area contributed by atoms with E-state index in [-0.39, 0.29) is 0 Å². The van der Waals surface area contributed by atoms with Crippen LogP contribution in [0.1, 0.15) is 5.56 Å². The van der Waals surface area contributed by atoms with Crippen molar-refractivity contribution in [3.63, 3.8) is 0 Å². The molecular weight excluding hydrogens is 196 g/mol. The molecule has 0 heterocycles. The first-order chi connectivity index (χ1) is 6.63. The summed E-state index contributed by atoms with van der Waals surface area (Å²) in [6.07, 6.45) is 0. The van der Waals surface area contributed by atoms with E-state index in [1.807, 2.05) is 36.2 Å². The van der Waals surface area contributed by atoms with Crippen LogP contribution in [0.2, 0.25) is 0 Å². The number of ether oxygens (including phenoxy) is 1. The highest BCUT2D eigenvalue weighted by Crippen LogP contribution is 2.12. The number of hydrogen-bond acceptors (Lipinski definition) is 2. The minimum absolute atomic E-state index is 0.404. The molecule has 4 heteroatoms. The van der Waals surface area contributed by atoms with Crippen molar-refractivity contribution in [1.82, 2.24) is 4.90 Å². The summed E-state index contributed by atoms with van der Waals surface area (Å²) in [5, 5.41) is 0.404. The van der Waals surface area contributed by atoms with Gasteiger partial charge in [-0.1, -0.05) is 12.1 Å². The first-order valence-electron chi connectivity index (χ1n) is 4.27. The third-order valence-electron chi connectivity index (χ3n) is 1.96. The summed E-state index contributed by atoms with van der Waals surface area (Å²) in [5.41, 5.74) is 6.63. The fraction of sp³-hybridized carbons (Fsp3) is 0.300. The summed E-state index contributed by atoms with van der Waals surface area (Å²) in [6, 6.07) is 7.83. The SMILES string of the molecule is COc1ccc(CN(C)C(N)=S)cc1. The van der Waals surface area contributed by atoms with E-state index in [0.717, 1.165) is 17.9 Å². The van der Waals surface area contributed by atoms with Gasteiger partial charge in [-0.3, -0.25) is 0 Å². The molecule has 0 aromatic heterocycles. The van der Waals surface area contributed by atoms with Crippen LogP contribution in [0, 0.1) is 0 Å². The number of nitrogens with zero attached hydrogens (tertiary/aromatic N) is 1. The van der Waals surface area contributed by atoms with E-state index in [4.69, 9.17) is 22.7 Å². The zero-order valence-corrected chi connectivity index (χ0v) is 9.17. The highest BCUT2D eigenvalue weighted by Gasteiger charge is 2.00. The second-order valence-corrected chi connectivity index (χ2v) is 3.46. The van der Waals surface area contributed by atoms with E-state index in [0.29, 0.717) is 5.11 Å². The summed E-state index contributed by atoms with van der Waals surface area (Å²) < 4.78 is 5.06. The van der Waals surface area contributed by atoms with Gasteiger partial charge in [0.25, 0.3) is 0 Å². The lowest BCUT2D eigenvalue weighted by Crippen LogP contribution is -2.31. The van der Waals surface area contributed by atoms with Gasteiger partial charge in [0, 0.05) is 13.6 Å². The van der Waals surface area contributed by atoms with E-state index >= 15 is 0 Å². The molecule has 0 radical (unpaired) electrons. The predicted octanol–water partition coefficient (Wildman–Crippen LogP) is 1.37. The smallest absolute Gasteiger partial charge is 0.166 e. The molecule has 3 nitrogen and oxygen atoms in total. The van der Waals surface area contributed by atoms with Crippen molar-refractivity contribution in [1.29, 1.82) is 0 Å². The van der Waals surface area contributed by atoms with Crippen LogP contribution < -0.4 is 10.5 Å². The van der Waals surface area contributed by atoms with Crippen molar-refractivity contribution in [2.24, 2.45) is 5.73 Å². The molecule has 1 rings (SSSR count). The van der Waals surface area contributed by atoms with Crippen molar-refractivity contribution >= 4 is 17.3 Å². The Kier molecular flexibility index (Phi) is 3.71. The molecule has 0 saturated heterocycles. The number of hydrogen-bond donors (Lipinski definition) is 1.